The summed E-state index contributed by atoms with van der Waals surface area (Å²) in [4.78, 5) is -0.927. The van der Waals surface area contributed by atoms with Crippen LogP contribution >= 0.6 is 0 Å². The van der Waals surface area contributed by atoms with Gasteiger partial charge >= 0.3 is 6.18 Å². The fourth-order valence-electron chi connectivity index (χ4n) is 1.96. The lowest BCUT2D eigenvalue weighted by Crippen LogP contribution is -2.16. The topological polar surface area (TPSA) is 92.3 Å². The van der Waals surface area contributed by atoms with Crippen LogP contribution < -0.4 is 9.44 Å². The zero-order valence-electron chi connectivity index (χ0n) is 13.0. The van der Waals surface area contributed by atoms with Crippen molar-refractivity contribution in [1.29, 1.82) is 0 Å². The monoisotopic (exact) mass is 412 g/mol. The Hall–Kier alpha value is -2.34. The molecular weight excluding hydrogens is 400 g/mol. The van der Waals surface area contributed by atoms with E-state index in [9.17, 15) is 34.4 Å². The second kappa shape index (κ2) is 6.76. The number of benzene rings is 2. The Balaban J connectivity index is 2.41. The van der Waals surface area contributed by atoms with E-state index < -0.39 is 48.2 Å². The molecule has 0 aliphatic heterocycles. The third kappa shape index (κ3) is 5.08. The van der Waals surface area contributed by atoms with Gasteiger partial charge in [-0.05, 0) is 36.4 Å². The summed E-state index contributed by atoms with van der Waals surface area (Å²) in [6.07, 6.45) is -3.88. The lowest BCUT2D eigenvalue weighted by Gasteiger charge is -2.13. The number of hydrogen-bond donors (Lipinski definition) is 2. The average molecular weight is 412 g/mol. The normalized spacial score (nSPS) is 12.7. The lowest BCUT2D eigenvalue weighted by molar-refractivity contribution is -0.137. The summed E-state index contributed by atoms with van der Waals surface area (Å²) in [7, 11) is -8.36. The zero-order valence-corrected chi connectivity index (χ0v) is 14.6. The first-order valence-electron chi connectivity index (χ1n) is 6.75. The molecular formula is C14H12F4N2O4S2. The number of sulfonamides is 2. The largest absolute Gasteiger partial charge is 0.416 e. The van der Waals surface area contributed by atoms with Gasteiger partial charge in [0.25, 0.3) is 10.0 Å². The van der Waals surface area contributed by atoms with Gasteiger partial charge in [0, 0.05) is 5.69 Å². The third-order valence-electron chi connectivity index (χ3n) is 2.97. The van der Waals surface area contributed by atoms with E-state index in [0.717, 1.165) is 30.5 Å². The molecule has 0 amide bonds. The molecule has 0 aliphatic carbocycles. The number of hydrogen-bond acceptors (Lipinski definition) is 4. The van der Waals surface area contributed by atoms with Gasteiger partial charge in [0.15, 0.2) is 0 Å². The van der Waals surface area contributed by atoms with Crippen molar-refractivity contribution in [3.05, 3.63) is 53.8 Å². The highest BCUT2D eigenvalue weighted by atomic mass is 32.2. The smallest absolute Gasteiger partial charge is 0.284 e. The van der Waals surface area contributed by atoms with E-state index in [1.54, 1.807) is 0 Å². The van der Waals surface area contributed by atoms with Gasteiger partial charge in [-0.3, -0.25) is 9.44 Å². The van der Waals surface area contributed by atoms with Gasteiger partial charge in [0.05, 0.1) is 17.5 Å². The minimum absolute atomic E-state index is 0.224. The molecule has 0 fully saturated rings. The number of nitrogens with one attached hydrogen (secondary N) is 2. The van der Waals surface area contributed by atoms with Gasteiger partial charge in [-0.25, -0.2) is 21.2 Å². The van der Waals surface area contributed by atoms with Crippen LogP contribution in [0.15, 0.2) is 47.4 Å². The second-order valence-electron chi connectivity index (χ2n) is 5.20. The summed E-state index contributed by atoms with van der Waals surface area (Å²) >= 11 is 0. The highest BCUT2D eigenvalue weighted by Gasteiger charge is 2.31. The molecule has 0 saturated heterocycles. The highest BCUT2D eigenvalue weighted by molar-refractivity contribution is 7.93. The van der Waals surface area contributed by atoms with E-state index >= 15 is 0 Å². The third-order valence-corrected chi connectivity index (χ3v) is 4.97. The molecule has 12 heteroatoms. The quantitative estimate of drug-likeness (QED) is 0.739. The Labute approximate surface area is 147 Å². The van der Waals surface area contributed by atoms with Gasteiger partial charge in [-0.2, -0.15) is 13.2 Å². The first-order chi connectivity index (χ1) is 11.8. The minimum Gasteiger partial charge on any atom is -0.284 e. The first kappa shape index (κ1) is 20.0. The minimum atomic E-state index is -4.69. The van der Waals surface area contributed by atoms with Crippen molar-refractivity contribution in [2.24, 2.45) is 0 Å². The van der Waals surface area contributed by atoms with Gasteiger partial charge in [-0.1, -0.05) is 6.07 Å². The van der Waals surface area contributed by atoms with Crippen molar-refractivity contribution in [3.63, 3.8) is 0 Å². The van der Waals surface area contributed by atoms with Crippen LogP contribution in [0.4, 0.5) is 28.9 Å². The molecule has 0 radical (unpaired) electrons. The molecule has 2 N–H and O–H groups in total. The van der Waals surface area contributed by atoms with Crippen LogP contribution in [-0.2, 0) is 26.2 Å². The van der Waals surface area contributed by atoms with Crippen molar-refractivity contribution < 1.29 is 34.4 Å². The zero-order chi connectivity index (χ0) is 19.8. The molecule has 0 aromatic heterocycles. The van der Waals surface area contributed by atoms with Crippen LogP contribution in [0, 0.1) is 5.82 Å². The summed E-state index contributed by atoms with van der Waals surface area (Å²) in [5.74, 6) is -1.21. The van der Waals surface area contributed by atoms with Gasteiger partial charge < -0.3 is 0 Å². The highest BCUT2D eigenvalue weighted by Crippen LogP contribution is 2.31. The molecule has 142 valence electrons. The lowest BCUT2D eigenvalue weighted by atomic mass is 10.2. The molecule has 6 nitrogen and oxygen atoms in total. The van der Waals surface area contributed by atoms with Crippen LogP contribution in [0.3, 0.4) is 0 Å². The maximum atomic E-state index is 13.9. The standard InChI is InChI=1S/C14H12F4N2O4S2/c1-25(21,22)19-11-5-6-12(15)13(8-11)26(23,24)20-10-4-2-3-9(7-10)14(16,17)18/h2-8,19-20H,1H3. The van der Waals surface area contributed by atoms with Gasteiger partial charge in [-0.15, -0.1) is 0 Å². The average Bonchev–Trinajstić information content (AvgIpc) is 2.46. The summed E-state index contributed by atoms with van der Waals surface area (Å²) in [5.41, 5.74) is -1.75. The summed E-state index contributed by atoms with van der Waals surface area (Å²) in [6.45, 7) is 0. The Morgan fingerprint density at radius 3 is 2.08 bits per heavy atom. The molecule has 2 aromatic carbocycles. The molecule has 0 unspecified atom stereocenters. The predicted molar refractivity (Wildman–Crippen MR) is 87.1 cm³/mol. The maximum Gasteiger partial charge on any atom is 0.416 e. The summed E-state index contributed by atoms with van der Waals surface area (Å²) in [6, 6.07) is 5.77. The molecule has 0 spiro atoms. The Bertz CT molecular complexity index is 1040. The molecule has 0 atom stereocenters. The van der Waals surface area contributed by atoms with Crippen molar-refractivity contribution in [3.8, 4) is 0 Å². The van der Waals surface area contributed by atoms with Gasteiger partial charge in [0.2, 0.25) is 10.0 Å². The summed E-state index contributed by atoms with van der Waals surface area (Å²) in [5, 5.41) is 0. The Morgan fingerprint density at radius 1 is 0.885 bits per heavy atom. The maximum absolute atomic E-state index is 13.9. The van der Waals surface area contributed by atoms with Crippen molar-refractivity contribution in [2.45, 2.75) is 11.1 Å². The number of rotatable bonds is 5. The van der Waals surface area contributed by atoms with Crippen LogP contribution in [0.5, 0.6) is 0 Å². The number of halogens is 4. The van der Waals surface area contributed by atoms with Crippen molar-refractivity contribution >= 4 is 31.4 Å². The van der Waals surface area contributed by atoms with Crippen LogP contribution in [-0.4, -0.2) is 23.1 Å². The van der Waals surface area contributed by atoms with Crippen LogP contribution in [0.25, 0.3) is 0 Å². The molecule has 2 rings (SSSR count). The molecule has 0 bridgehead atoms. The van der Waals surface area contributed by atoms with Crippen molar-refractivity contribution in [1.82, 2.24) is 0 Å². The fraction of sp³-hybridized carbons (Fsp3) is 0.143. The molecule has 2 aromatic rings. The van der Waals surface area contributed by atoms with Gasteiger partial charge in [0.1, 0.15) is 10.7 Å². The van der Waals surface area contributed by atoms with Crippen LogP contribution in [0.1, 0.15) is 5.56 Å². The molecule has 0 heterocycles. The van der Waals surface area contributed by atoms with E-state index in [4.69, 9.17) is 0 Å². The number of anilines is 2. The molecule has 0 aliphatic rings. The Morgan fingerprint density at radius 2 is 1.50 bits per heavy atom. The molecule has 0 saturated carbocycles. The second-order valence-corrected chi connectivity index (χ2v) is 8.60. The van der Waals surface area contributed by atoms with E-state index in [2.05, 4.69) is 0 Å². The van der Waals surface area contributed by atoms with E-state index in [1.165, 1.54) is 0 Å². The van der Waals surface area contributed by atoms with Crippen molar-refractivity contribution in [2.75, 3.05) is 15.7 Å². The molecule has 26 heavy (non-hydrogen) atoms. The first-order valence-corrected chi connectivity index (χ1v) is 10.1. The SMILES string of the molecule is CS(=O)(=O)Nc1ccc(F)c(S(=O)(=O)Nc2cccc(C(F)(F)F)c2)c1. The van der Waals surface area contributed by atoms with E-state index in [1.807, 2.05) is 9.44 Å². The fourth-order valence-corrected chi connectivity index (χ4v) is 3.67. The summed E-state index contributed by atoms with van der Waals surface area (Å²) < 4.78 is 103. The van der Waals surface area contributed by atoms with E-state index in [-0.39, 0.29) is 5.69 Å². The van der Waals surface area contributed by atoms with E-state index in [0.29, 0.717) is 18.2 Å². The Kier molecular flexibility index (Phi) is 5.19. The van der Waals surface area contributed by atoms with Crippen LogP contribution in [0.2, 0.25) is 0 Å². The predicted octanol–water partition coefficient (Wildman–Crippen LogP) is 3.02. The number of alkyl halides is 3.